The fraction of sp³-hybridized carbons (Fsp3) is 0.200. The van der Waals surface area contributed by atoms with E-state index in [-0.39, 0.29) is 18.0 Å². The van der Waals surface area contributed by atoms with Crippen LogP contribution in [-0.4, -0.2) is 12.2 Å². The van der Waals surface area contributed by atoms with Crippen LogP contribution in [0.15, 0.2) is 42.5 Å². The molecule has 0 saturated carbocycles. The zero-order valence-electron chi connectivity index (χ0n) is 10.4. The van der Waals surface area contributed by atoms with Crippen molar-refractivity contribution in [1.29, 1.82) is 0 Å². The van der Waals surface area contributed by atoms with E-state index in [9.17, 15) is 13.9 Å². The average Bonchev–Trinajstić information content (AvgIpc) is 2.39. The molecule has 4 heteroatoms. The molecule has 0 aliphatic rings. The molecule has 1 unspecified atom stereocenters. The summed E-state index contributed by atoms with van der Waals surface area (Å²) in [4.78, 5) is 0. The summed E-state index contributed by atoms with van der Waals surface area (Å²) < 4.78 is 31.1. The second kappa shape index (κ2) is 5.80. The fourth-order valence-electron chi connectivity index (χ4n) is 1.86. The van der Waals surface area contributed by atoms with E-state index in [1.54, 1.807) is 6.07 Å². The molecular formula is C15H14F2O2. The van der Waals surface area contributed by atoms with Crippen LogP contribution < -0.4 is 4.74 Å². The first-order chi connectivity index (χ1) is 9.10. The van der Waals surface area contributed by atoms with E-state index in [0.717, 1.165) is 0 Å². The van der Waals surface area contributed by atoms with Crippen molar-refractivity contribution >= 4 is 0 Å². The molecule has 2 aromatic rings. The second-order valence-electron chi connectivity index (χ2n) is 4.24. The summed E-state index contributed by atoms with van der Waals surface area (Å²) in [5, 5.41) is 10.0. The van der Waals surface area contributed by atoms with Crippen molar-refractivity contribution in [1.82, 2.24) is 0 Å². The lowest BCUT2D eigenvalue weighted by atomic mass is 10.0. The normalized spacial score (nSPS) is 12.2. The van der Waals surface area contributed by atoms with Gasteiger partial charge in [0.1, 0.15) is 5.82 Å². The minimum Gasteiger partial charge on any atom is -0.494 e. The SMILES string of the molecule is COc1ccc(CC(O)c2ccc(F)cc2)cc1F. The average molecular weight is 264 g/mol. The standard InChI is InChI=1S/C15H14F2O2/c1-19-15-7-2-10(8-13(15)17)9-14(18)11-3-5-12(16)6-4-11/h2-8,14,18H,9H2,1H3. The molecular weight excluding hydrogens is 250 g/mol. The predicted molar refractivity (Wildman–Crippen MR) is 68.0 cm³/mol. The maximum absolute atomic E-state index is 13.5. The van der Waals surface area contributed by atoms with Gasteiger partial charge in [-0.3, -0.25) is 0 Å². The third kappa shape index (κ3) is 3.29. The van der Waals surface area contributed by atoms with Crippen LogP contribution >= 0.6 is 0 Å². The van der Waals surface area contributed by atoms with Gasteiger partial charge in [0, 0.05) is 6.42 Å². The summed E-state index contributed by atoms with van der Waals surface area (Å²) in [7, 11) is 1.39. The number of benzene rings is 2. The molecule has 0 amide bonds. The first kappa shape index (κ1) is 13.5. The molecule has 2 rings (SSSR count). The van der Waals surface area contributed by atoms with Crippen LogP contribution in [-0.2, 0) is 6.42 Å². The lowest BCUT2D eigenvalue weighted by molar-refractivity contribution is 0.178. The summed E-state index contributed by atoms with van der Waals surface area (Å²) in [5.41, 5.74) is 1.24. The molecule has 0 aliphatic carbocycles. The van der Waals surface area contributed by atoms with Crippen LogP contribution in [0.5, 0.6) is 5.75 Å². The summed E-state index contributed by atoms with van der Waals surface area (Å²) in [6.45, 7) is 0. The molecule has 19 heavy (non-hydrogen) atoms. The van der Waals surface area contributed by atoms with Gasteiger partial charge in [0.05, 0.1) is 13.2 Å². The summed E-state index contributed by atoms with van der Waals surface area (Å²) in [5.74, 6) is -0.655. The van der Waals surface area contributed by atoms with Crippen LogP contribution in [0, 0.1) is 11.6 Å². The molecule has 0 fully saturated rings. The molecule has 2 nitrogen and oxygen atoms in total. The minimum absolute atomic E-state index is 0.167. The molecule has 0 aromatic heterocycles. The van der Waals surface area contributed by atoms with E-state index >= 15 is 0 Å². The highest BCUT2D eigenvalue weighted by Crippen LogP contribution is 2.22. The van der Waals surface area contributed by atoms with Gasteiger partial charge < -0.3 is 9.84 Å². The lowest BCUT2D eigenvalue weighted by Gasteiger charge is -2.12. The van der Waals surface area contributed by atoms with E-state index < -0.39 is 11.9 Å². The highest BCUT2D eigenvalue weighted by molar-refractivity contribution is 5.30. The smallest absolute Gasteiger partial charge is 0.165 e. The Bertz CT molecular complexity index is 553. The molecule has 1 atom stereocenters. The van der Waals surface area contributed by atoms with E-state index in [0.29, 0.717) is 11.1 Å². The number of aliphatic hydroxyl groups excluding tert-OH is 1. The lowest BCUT2D eigenvalue weighted by Crippen LogP contribution is -2.02. The monoisotopic (exact) mass is 264 g/mol. The van der Waals surface area contributed by atoms with Crippen LogP contribution in [0.1, 0.15) is 17.2 Å². The summed E-state index contributed by atoms with van der Waals surface area (Å²) >= 11 is 0. The number of hydrogen-bond donors (Lipinski definition) is 1. The largest absolute Gasteiger partial charge is 0.494 e. The first-order valence-electron chi connectivity index (χ1n) is 5.86. The Kier molecular flexibility index (Phi) is 4.12. The molecule has 0 heterocycles. The highest BCUT2D eigenvalue weighted by Gasteiger charge is 2.11. The predicted octanol–water partition coefficient (Wildman–Crippen LogP) is 3.25. The van der Waals surface area contributed by atoms with E-state index in [2.05, 4.69) is 0 Å². The van der Waals surface area contributed by atoms with Crippen molar-refractivity contribution in [2.75, 3.05) is 7.11 Å². The highest BCUT2D eigenvalue weighted by atomic mass is 19.1. The second-order valence-corrected chi connectivity index (χ2v) is 4.24. The first-order valence-corrected chi connectivity index (χ1v) is 5.86. The number of hydrogen-bond acceptors (Lipinski definition) is 2. The maximum Gasteiger partial charge on any atom is 0.165 e. The zero-order valence-corrected chi connectivity index (χ0v) is 10.4. The maximum atomic E-state index is 13.5. The van der Waals surface area contributed by atoms with Crippen LogP contribution in [0.3, 0.4) is 0 Å². The van der Waals surface area contributed by atoms with Crippen molar-refractivity contribution in [3.63, 3.8) is 0 Å². The molecule has 0 bridgehead atoms. The molecule has 1 N–H and O–H groups in total. The quantitative estimate of drug-likeness (QED) is 0.918. The van der Waals surface area contributed by atoms with Crippen molar-refractivity contribution in [3.05, 3.63) is 65.2 Å². The van der Waals surface area contributed by atoms with Gasteiger partial charge in [-0.15, -0.1) is 0 Å². The number of rotatable bonds is 4. The summed E-state index contributed by atoms with van der Waals surface area (Å²) in [6, 6.07) is 10.1. The Morgan fingerprint density at radius 2 is 1.79 bits per heavy atom. The third-order valence-electron chi connectivity index (χ3n) is 2.90. The summed E-state index contributed by atoms with van der Waals surface area (Å²) in [6.07, 6.45) is -0.541. The van der Waals surface area contributed by atoms with Crippen LogP contribution in [0.4, 0.5) is 8.78 Å². The van der Waals surface area contributed by atoms with E-state index in [1.807, 2.05) is 0 Å². The molecule has 100 valence electrons. The number of ether oxygens (including phenoxy) is 1. The molecule has 2 aromatic carbocycles. The molecule has 0 radical (unpaired) electrons. The fourth-order valence-corrected chi connectivity index (χ4v) is 1.86. The Morgan fingerprint density at radius 1 is 1.11 bits per heavy atom. The van der Waals surface area contributed by atoms with Gasteiger partial charge in [-0.1, -0.05) is 18.2 Å². The number of aliphatic hydroxyl groups is 1. The molecule has 0 saturated heterocycles. The molecule has 0 aliphatic heterocycles. The minimum atomic E-state index is -0.798. The Balaban J connectivity index is 2.12. The van der Waals surface area contributed by atoms with Crippen molar-refractivity contribution in [2.24, 2.45) is 0 Å². The topological polar surface area (TPSA) is 29.5 Å². The van der Waals surface area contributed by atoms with Gasteiger partial charge in [0.2, 0.25) is 0 Å². The van der Waals surface area contributed by atoms with Crippen LogP contribution in [0.25, 0.3) is 0 Å². The Hall–Kier alpha value is -1.94. The van der Waals surface area contributed by atoms with E-state index in [4.69, 9.17) is 4.74 Å². The van der Waals surface area contributed by atoms with E-state index in [1.165, 1.54) is 43.5 Å². The van der Waals surface area contributed by atoms with Gasteiger partial charge in [-0.25, -0.2) is 8.78 Å². The number of methoxy groups -OCH3 is 1. The van der Waals surface area contributed by atoms with Gasteiger partial charge in [-0.05, 0) is 35.4 Å². The van der Waals surface area contributed by atoms with Crippen molar-refractivity contribution < 1.29 is 18.6 Å². The zero-order chi connectivity index (χ0) is 13.8. The Morgan fingerprint density at radius 3 is 2.37 bits per heavy atom. The number of halogens is 2. The third-order valence-corrected chi connectivity index (χ3v) is 2.90. The van der Waals surface area contributed by atoms with Crippen LogP contribution in [0.2, 0.25) is 0 Å². The van der Waals surface area contributed by atoms with Gasteiger partial charge in [0.15, 0.2) is 11.6 Å². The van der Waals surface area contributed by atoms with Gasteiger partial charge >= 0.3 is 0 Å². The Labute approximate surface area is 110 Å². The molecule has 0 spiro atoms. The van der Waals surface area contributed by atoms with Gasteiger partial charge in [-0.2, -0.15) is 0 Å². The van der Waals surface area contributed by atoms with Gasteiger partial charge in [0.25, 0.3) is 0 Å². The van der Waals surface area contributed by atoms with Crippen molar-refractivity contribution in [3.8, 4) is 5.75 Å². The van der Waals surface area contributed by atoms with Crippen molar-refractivity contribution in [2.45, 2.75) is 12.5 Å².